The van der Waals surface area contributed by atoms with Crippen molar-refractivity contribution < 1.29 is 19.1 Å². The molecule has 4 rings (SSSR count). The van der Waals surface area contributed by atoms with Crippen molar-refractivity contribution in [3.63, 3.8) is 0 Å². The van der Waals surface area contributed by atoms with E-state index in [1.165, 1.54) is 29.3 Å². The molecule has 1 N–H and O–H groups in total. The van der Waals surface area contributed by atoms with Crippen molar-refractivity contribution in [3.8, 4) is 5.75 Å². The zero-order valence-corrected chi connectivity index (χ0v) is 19.8. The van der Waals surface area contributed by atoms with Gasteiger partial charge < -0.3 is 14.8 Å². The highest BCUT2D eigenvalue weighted by atomic mass is 32.1. The number of hydrogen-bond donors (Lipinski definition) is 1. The third kappa shape index (κ3) is 4.55. The summed E-state index contributed by atoms with van der Waals surface area (Å²) >= 11 is 1.17. The quantitative estimate of drug-likeness (QED) is 0.400. The molecule has 0 bridgehead atoms. The van der Waals surface area contributed by atoms with Gasteiger partial charge in [-0.2, -0.15) is 0 Å². The van der Waals surface area contributed by atoms with Gasteiger partial charge in [0, 0.05) is 0 Å². The van der Waals surface area contributed by atoms with Crippen LogP contribution in [0.1, 0.15) is 38.1 Å². The molecular weight excluding hydrogens is 454 g/mol. The molecule has 0 unspecified atom stereocenters. The van der Waals surface area contributed by atoms with Crippen LogP contribution in [0.5, 0.6) is 5.75 Å². The highest BCUT2D eigenvalue weighted by molar-refractivity contribution is 7.20. The van der Waals surface area contributed by atoms with Crippen molar-refractivity contribution in [2.45, 2.75) is 20.4 Å². The van der Waals surface area contributed by atoms with Crippen LogP contribution in [0.25, 0.3) is 10.2 Å². The Labute approximate surface area is 199 Å². The van der Waals surface area contributed by atoms with Crippen LogP contribution in [0.15, 0.2) is 59.7 Å². The Bertz CT molecular complexity index is 1440. The number of anilines is 1. The summed E-state index contributed by atoms with van der Waals surface area (Å²) < 4.78 is 11.8. The van der Waals surface area contributed by atoms with E-state index in [1.807, 2.05) is 12.1 Å². The number of nitrogens with zero attached hydrogens (tertiary/aromatic N) is 2. The van der Waals surface area contributed by atoms with Crippen LogP contribution in [0.3, 0.4) is 0 Å². The number of aromatic nitrogens is 2. The van der Waals surface area contributed by atoms with Gasteiger partial charge in [-0.3, -0.25) is 14.2 Å². The maximum Gasteiger partial charge on any atom is 0.338 e. The first-order chi connectivity index (χ1) is 16.4. The third-order valence-corrected chi connectivity index (χ3v) is 6.47. The molecule has 2 aromatic heterocycles. The van der Waals surface area contributed by atoms with Crippen molar-refractivity contribution in [1.29, 1.82) is 0 Å². The molecular formula is C25H23N3O5S. The van der Waals surface area contributed by atoms with E-state index in [9.17, 15) is 14.4 Å². The van der Waals surface area contributed by atoms with Crippen molar-refractivity contribution in [2.24, 2.45) is 0 Å². The van der Waals surface area contributed by atoms with Gasteiger partial charge in [0.2, 0.25) is 0 Å². The molecule has 2 heterocycles. The average molecular weight is 478 g/mol. The van der Waals surface area contributed by atoms with Gasteiger partial charge >= 0.3 is 5.97 Å². The number of fused-ring (bicyclic) bond motifs is 1. The van der Waals surface area contributed by atoms with Gasteiger partial charge in [0.05, 0.1) is 48.1 Å². The molecule has 8 nitrogen and oxygen atoms in total. The zero-order chi connectivity index (χ0) is 24.2. The van der Waals surface area contributed by atoms with E-state index in [0.717, 1.165) is 5.56 Å². The molecule has 0 aliphatic carbocycles. The number of para-hydroxylation sites is 2. The fourth-order valence-corrected chi connectivity index (χ4v) is 4.66. The molecule has 4 aromatic rings. The van der Waals surface area contributed by atoms with E-state index in [0.29, 0.717) is 37.7 Å². The summed E-state index contributed by atoms with van der Waals surface area (Å²) in [4.78, 5) is 43.6. The summed E-state index contributed by atoms with van der Waals surface area (Å²) in [5, 5.41) is 3.25. The van der Waals surface area contributed by atoms with E-state index < -0.39 is 5.97 Å². The van der Waals surface area contributed by atoms with Crippen LogP contribution in [-0.4, -0.2) is 35.1 Å². The maximum atomic E-state index is 13.3. The number of methoxy groups -OCH3 is 1. The molecule has 2 aromatic carbocycles. The number of aryl methyl sites for hydroxylation is 1. The Morgan fingerprint density at radius 1 is 1.15 bits per heavy atom. The first-order valence-electron chi connectivity index (χ1n) is 10.6. The second kappa shape index (κ2) is 9.88. The van der Waals surface area contributed by atoms with Gasteiger partial charge in [0.25, 0.3) is 11.5 Å². The largest absolute Gasteiger partial charge is 0.495 e. The van der Waals surface area contributed by atoms with Crippen LogP contribution in [0, 0.1) is 6.92 Å². The van der Waals surface area contributed by atoms with Crippen molar-refractivity contribution in [1.82, 2.24) is 9.55 Å². The highest BCUT2D eigenvalue weighted by Gasteiger charge is 2.20. The van der Waals surface area contributed by atoms with Crippen molar-refractivity contribution in [3.05, 3.63) is 86.8 Å². The summed E-state index contributed by atoms with van der Waals surface area (Å²) in [7, 11) is 1.53. The lowest BCUT2D eigenvalue weighted by Gasteiger charge is -2.09. The minimum Gasteiger partial charge on any atom is -0.495 e. The van der Waals surface area contributed by atoms with Gasteiger partial charge in [0.15, 0.2) is 0 Å². The number of benzene rings is 2. The number of amides is 1. The topological polar surface area (TPSA) is 99.5 Å². The molecule has 9 heteroatoms. The number of carbonyl (C=O) groups is 2. The van der Waals surface area contributed by atoms with Crippen LogP contribution >= 0.6 is 11.3 Å². The van der Waals surface area contributed by atoms with Gasteiger partial charge in [-0.1, -0.05) is 24.3 Å². The smallest absolute Gasteiger partial charge is 0.338 e. The number of hydrogen-bond acceptors (Lipinski definition) is 7. The number of carbonyl (C=O) groups excluding carboxylic acids is 2. The first kappa shape index (κ1) is 23.2. The number of esters is 1. The van der Waals surface area contributed by atoms with Gasteiger partial charge in [-0.15, -0.1) is 11.3 Å². The molecule has 0 fully saturated rings. The molecule has 0 radical (unpaired) electrons. The molecule has 0 spiro atoms. The Hall–Kier alpha value is -3.98. The Balaban J connectivity index is 1.64. The summed E-state index contributed by atoms with van der Waals surface area (Å²) in [6.07, 6.45) is 1.46. The molecule has 1 amide bonds. The van der Waals surface area contributed by atoms with Gasteiger partial charge in [-0.25, -0.2) is 9.78 Å². The number of thiophene rings is 1. The van der Waals surface area contributed by atoms with Crippen LogP contribution < -0.4 is 15.6 Å². The molecule has 0 atom stereocenters. The van der Waals surface area contributed by atoms with Gasteiger partial charge in [-0.05, 0) is 49.2 Å². The average Bonchev–Trinajstić information content (AvgIpc) is 3.18. The van der Waals surface area contributed by atoms with Gasteiger partial charge in [0.1, 0.15) is 10.6 Å². The molecule has 34 heavy (non-hydrogen) atoms. The predicted molar refractivity (Wildman–Crippen MR) is 131 cm³/mol. The lowest BCUT2D eigenvalue weighted by molar-refractivity contribution is 0.0526. The number of ether oxygens (including phenoxy) is 2. The Morgan fingerprint density at radius 3 is 2.71 bits per heavy atom. The number of rotatable bonds is 7. The van der Waals surface area contributed by atoms with E-state index in [2.05, 4.69) is 10.3 Å². The SMILES string of the molecule is CCOC(=O)c1cccc(Cn2cnc3sc(C(=O)Nc4ccccc4OC)c(C)c3c2=O)c1. The summed E-state index contributed by atoms with van der Waals surface area (Å²) in [6.45, 7) is 4.00. The second-order valence-electron chi connectivity index (χ2n) is 7.49. The van der Waals surface area contributed by atoms with E-state index >= 15 is 0 Å². The minimum absolute atomic E-state index is 0.229. The van der Waals surface area contributed by atoms with Crippen molar-refractivity contribution >= 4 is 39.1 Å². The summed E-state index contributed by atoms with van der Waals surface area (Å²) in [5.74, 6) is -0.206. The molecule has 0 saturated heterocycles. The molecule has 0 aliphatic heterocycles. The minimum atomic E-state index is -0.412. The zero-order valence-electron chi connectivity index (χ0n) is 19.0. The second-order valence-corrected chi connectivity index (χ2v) is 8.49. The fraction of sp³-hybridized carbons (Fsp3) is 0.200. The molecule has 174 valence electrons. The predicted octanol–water partition coefficient (Wildman–Crippen LogP) is 4.25. The van der Waals surface area contributed by atoms with E-state index in [1.54, 1.807) is 50.2 Å². The Morgan fingerprint density at radius 2 is 1.94 bits per heavy atom. The standard InChI is InChI=1S/C25H23N3O5S/c1-4-33-25(31)17-9-7-8-16(12-17)13-28-14-26-23-20(24(28)30)15(2)21(34-23)22(29)27-18-10-5-6-11-19(18)32-3/h5-12,14H,4,13H2,1-3H3,(H,27,29). The lowest BCUT2D eigenvalue weighted by Crippen LogP contribution is -2.21. The Kier molecular flexibility index (Phi) is 6.74. The molecule has 0 aliphatic rings. The van der Waals surface area contributed by atoms with Crippen LogP contribution in [-0.2, 0) is 11.3 Å². The third-order valence-electron chi connectivity index (χ3n) is 5.27. The normalized spacial score (nSPS) is 10.8. The van der Waals surface area contributed by atoms with E-state index in [-0.39, 0.29) is 24.6 Å². The lowest BCUT2D eigenvalue weighted by atomic mass is 10.1. The monoisotopic (exact) mass is 477 g/mol. The molecule has 0 saturated carbocycles. The van der Waals surface area contributed by atoms with E-state index in [4.69, 9.17) is 9.47 Å². The summed E-state index contributed by atoms with van der Waals surface area (Å²) in [6, 6.07) is 14.0. The van der Waals surface area contributed by atoms with Crippen LogP contribution in [0.2, 0.25) is 0 Å². The van der Waals surface area contributed by atoms with Crippen LogP contribution in [0.4, 0.5) is 5.69 Å². The fourth-order valence-electron chi connectivity index (χ4n) is 3.62. The van der Waals surface area contributed by atoms with Crippen molar-refractivity contribution in [2.75, 3.05) is 19.0 Å². The first-order valence-corrected chi connectivity index (χ1v) is 11.4. The summed E-state index contributed by atoms with van der Waals surface area (Å²) in [5.41, 5.74) is 2.04. The number of nitrogens with one attached hydrogen (secondary N) is 1. The highest BCUT2D eigenvalue weighted by Crippen LogP contribution is 2.29. The maximum absolute atomic E-state index is 13.3.